The third-order valence-electron chi connectivity index (χ3n) is 3.78. The van der Waals surface area contributed by atoms with Crippen LogP contribution in [-0.2, 0) is 0 Å². The van der Waals surface area contributed by atoms with Crippen LogP contribution >= 0.6 is 11.8 Å². The third kappa shape index (κ3) is 3.92. The predicted molar refractivity (Wildman–Crippen MR) is 93.1 cm³/mol. The van der Waals surface area contributed by atoms with Gasteiger partial charge in [-0.05, 0) is 30.5 Å². The van der Waals surface area contributed by atoms with E-state index in [-0.39, 0.29) is 6.03 Å². The second kappa shape index (κ2) is 7.32. The van der Waals surface area contributed by atoms with Crippen LogP contribution in [0.15, 0.2) is 47.8 Å². The topological polar surface area (TPSA) is 61.4 Å². The Hall–Kier alpha value is -2.28. The van der Waals surface area contributed by atoms with Crippen LogP contribution in [0.2, 0.25) is 0 Å². The minimum absolute atomic E-state index is 0.0549. The molecule has 0 atom stereocenters. The minimum Gasteiger partial charge on any atom is -0.352 e. The van der Waals surface area contributed by atoms with E-state index in [9.17, 15) is 4.79 Å². The van der Waals surface area contributed by atoms with E-state index in [0.29, 0.717) is 13.1 Å². The highest BCUT2D eigenvalue weighted by molar-refractivity contribution is 7.98. The van der Waals surface area contributed by atoms with Gasteiger partial charge in [0.15, 0.2) is 0 Å². The van der Waals surface area contributed by atoms with Gasteiger partial charge < -0.3 is 15.1 Å². The summed E-state index contributed by atoms with van der Waals surface area (Å²) >= 11 is 1.68. The highest BCUT2D eigenvalue weighted by Gasteiger charge is 2.21. The van der Waals surface area contributed by atoms with Crippen LogP contribution in [-0.4, -0.2) is 53.3 Å². The Labute approximate surface area is 139 Å². The van der Waals surface area contributed by atoms with Crippen molar-refractivity contribution in [2.24, 2.45) is 0 Å². The summed E-state index contributed by atoms with van der Waals surface area (Å²) in [6.45, 7) is 2.87. The lowest BCUT2D eigenvalue weighted by Crippen LogP contribution is -2.50. The van der Waals surface area contributed by atoms with Crippen LogP contribution in [0.5, 0.6) is 0 Å². The lowest BCUT2D eigenvalue weighted by molar-refractivity contribution is 0.208. The van der Waals surface area contributed by atoms with Gasteiger partial charge in [0.25, 0.3) is 0 Å². The fourth-order valence-electron chi connectivity index (χ4n) is 2.47. The van der Waals surface area contributed by atoms with Crippen molar-refractivity contribution in [2.45, 2.75) is 4.90 Å². The molecule has 0 unspecified atom stereocenters. The smallest absolute Gasteiger partial charge is 0.321 e. The van der Waals surface area contributed by atoms with Gasteiger partial charge in [-0.25, -0.2) is 9.78 Å². The summed E-state index contributed by atoms with van der Waals surface area (Å²) in [7, 11) is 0. The molecule has 0 bridgehead atoms. The second-order valence-corrected chi connectivity index (χ2v) is 6.08. The normalized spacial score (nSPS) is 14.7. The number of aromatic nitrogens is 2. The number of thioether (sulfide) groups is 1. The number of nitrogens with zero attached hydrogens (tertiary/aromatic N) is 4. The molecule has 0 radical (unpaired) electrons. The highest BCUT2D eigenvalue weighted by atomic mass is 32.2. The lowest BCUT2D eigenvalue weighted by Gasteiger charge is -2.35. The van der Waals surface area contributed by atoms with E-state index >= 15 is 0 Å². The van der Waals surface area contributed by atoms with Gasteiger partial charge in [0.2, 0.25) is 0 Å². The molecule has 1 aliphatic rings. The van der Waals surface area contributed by atoms with Gasteiger partial charge in [-0.2, -0.15) is 0 Å². The van der Waals surface area contributed by atoms with Crippen molar-refractivity contribution < 1.29 is 4.79 Å². The molecule has 2 heterocycles. The SMILES string of the molecule is CSc1ccc(NC(=O)N2CCN(c3cnccn3)CC2)cc1. The number of piperazine rings is 1. The van der Waals surface area contributed by atoms with Gasteiger partial charge in [-0.1, -0.05) is 0 Å². The summed E-state index contributed by atoms with van der Waals surface area (Å²) in [6, 6.07) is 7.82. The van der Waals surface area contributed by atoms with Gasteiger partial charge in [-0.3, -0.25) is 4.98 Å². The quantitative estimate of drug-likeness (QED) is 0.877. The average molecular weight is 329 g/mol. The highest BCUT2D eigenvalue weighted by Crippen LogP contribution is 2.18. The summed E-state index contributed by atoms with van der Waals surface area (Å²) in [5, 5.41) is 2.95. The number of amides is 2. The van der Waals surface area contributed by atoms with Crippen molar-refractivity contribution in [1.82, 2.24) is 14.9 Å². The molecule has 3 rings (SSSR count). The first kappa shape index (κ1) is 15.6. The molecule has 1 aromatic heterocycles. The number of benzene rings is 1. The standard InChI is InChI=1S/C16H19N5OS/c1-23-14-4-2-13(3-5-14)19-16(22)21-10-8-20(9-11-21)15-12-17-6-7-18-15/h2-7,12H,8-11H2,1H3,(H,19,22). The maximum atomic E-state index is 12.3. The number of carbonyl (C=O) groups is 1. The summed E-state index contributed by atoms with van der Waals surface area (Å²) in [6.07, 6.45) is 7.13. The van der Waals surface area contributed by atoms with Gasteiger partial charge >= 0.3 is 6.03 Å². The molecule has 7 heteroatoms. The van der Waals surface area contributed by atoms with Crippen molar-refractivity contribution in [3.05, 3.63) is 42.9 Å². The molecule has 120 valence electrons. The largest absolute Gasteiger partial charge is 0.352 e. The molecule has 0 aliphatic carbocycles. The van der Waals surface area contributed by atoms with Crippen LogP contribution < -0.4 is 10.2 Å². The molecule has 2 amide bonds. The van der Waals surface area contributed by atoms with E-state index in [1.807, 2.05) is 35.4 Å². The third-order valence-corrected chi connectivity index (χ3v) is 4.53. The predicted octanol–water partition coefficient (Wildman–Crippen LogP) is 2.55. The fraction of sp³-hybridized carbons (Fsp3) is 0.312. The number of hydrogen-bond donors (Lipinski definition) is 1. The van der Waals surface area contributed by atoms with Crippen molar-refractivity contribution in [1.29, 1.82) is 0 Å². The first-order valence-corrected chi connectivity index (χ1v) is 8.69. The zero-order chi connectivity index (χ0) is 16.1. The zero-order valence-electron chi connectivity index (χ0n) is 13.0. The van der Waals surface area contributed by atoms with Crippen molar-refractivity contribution in [2.75, 3.05) is 42.7 Å². The van der Waals surface area contributed by atoms with Crippen molar-refractivity contribution in [3.8, 4) is 0 Å². The number of hydrogen-bond acceptors (Lipinski definition) is 5. The minimum atomic E-state index is -0.0549. The number of urea groups is 1. The molecule has 23 heavy (non-hydrogen) atoms. The van der Waals surface area contributed by atoms with Crippen molar-refractivity contribution >= 4 is 29.3 Å². The Morgan fingerprint density at radius 2 is 1.87 bits per heavy atom. The number of nitrogens with one attached hydrogen (secondary N) is 1. The molecule has 1 saturated heterocycles. The maximum absolute atomic E-state index is 12.3. The summed E-state index contributed by atoms with van der Waals surface area (Å²) < 4.78 is 0. The molecular weight excluding hydrogens is 310 g/mol. The van der Waals surface area contributed by atoms with Crippen LogP contribution in [0, 0.1) is 0 Å². The summed E-state index contributed by atoms with van der Waals surface area (Å²) in [5.41, 5.74) is 0.823. The molecule has 1 aromatic carbocycles. The monoisotopic (exact) mass is 329 g/mol. The number of anilines is 2. The van der Waals surface area contributed by atoms with Gasteiger partial charge in [0, 0.05) is 49.2 Å². The Kier molecular flexibility index (Phi) is 4.97. The number of rotatable bonds is 3. The van der Waals surface area contributed by atoms with Crippen LogP contribution in [0.25, 0.3) is 0 Å². The van der Waals surface area contributed by atoms with Gasteiger partial charge in [0.05, 0.1) is 6.20 Å². The van der Waals surface area contributed by atoms with E-state index in [1.54, 1.807) is 30.4 Å². The first-order valence-electron chi connectivity index (χ1n) is 7.47. The van der Waals surface area contributed by atoms with Gasteiger partial charge in [-0.15, -0.1) is 11.8 Å². The van der Waals surface area contributed by atoms with Gasteiger partial charge in [0.1, 0.15) is 5.82 Å². The molecule has 1 fully saturated rings. The maximum Gasteiger partial charge on any atom is 0.321 e. The first-order chi connectivity index (χ1) is 11.3. The molecule has 0 saturated carbocycles. The van der Waals surface area contributed by atoms with E-state index < -0.39 is 0 Å². The number of carbonyl (C=O) groups excluding carboxylic acids is 1. The van der Waals surface area contributed by atoms with E-state index in [2.05, 4.69) is 20.2 Å². The van der Waals surface area contributed by atoms with E-state index in [1.165, 1.54) is 4.90 Å². The van der Waals surface area contributed by atoms with E-state index in [4.69, 9.17) is 0 Å². The lowest BCUT2D eigenvalue weighted by atomic mass is 10.3. The summed E-state index contributed by atoms with van der Waals surface area (Å²) in [5.74, 6) is 0.861. The van der Waals surface area contributed by atoms with E-state index in [0.717, 1.165) is 24.6 Å². The zero-order valence-corrected chi connectivity index (χ0v) is 13.8. The molecular formula is C16H19N5OS. The van der Waals surface area contributed by atoms with Crippen LogP contribution in [0.4, 0.5) is 16.3 Å². The molecule has 0 spiro atoms. The molecule has 2 aromatic rings. The average Bonchev–Trinajstić information content (AvgIpc) is 2.63. The molecule has 1 N–H and O–H groups in total. The molecule has 6 nitrogen and oxygen atoms in total. The van der Waals surface area contributed by atoms with Crippen molar-refractivity contribution in [3.63, 3.8) is 0 Å². The molecule has 1 aliphatic heterocycles. The second-order valence-electron chi connectivity index (χ2n) is 5.20. The Morgan fingerprint density at radius 1 is 1.13 bits per heavy atom. The Bertz CT molecular complexity index is 641. The van der Waals surface area contributed by atoms with Crippen LogP contribution in [0.3, 0.4) is 0 Å². The summed E-state index contributed by atoms with van der Waals surface area (Å²) in [4.78, 5) is 25.9. The van der Waals surface area contributed by atoms with Crippen LogP contribution in [0.1, 0.15) is 0 Å². The Balaban J connectivity index is 1.53. The fourth-order valence-corrected chi connectivity index (χ4v) is 2.88. The Morgan fingerprint density at radius 3 is 2.48 bits per heavy atom.